The summed E-state index contributed by atoms with van der Waals surface area (Å²) in [6, 6.07) is 6.09. The summed E-state index contributed by atoms with van der Waals surface area (Å²) in [4.78, 5) is 4.13. The smallest absolute Gasteiger partial charge is 0.129 e. The number of hydrogen-bond acceptors (Lipinski definition) is 2. The van der Waals surface area contributed by atoms with Crippen molar-refractivity contribution in [1.82, 2.24) is 0 Å². The quantitative estimate of drug-likeness (QED) is 0.464. The summed E-state index contributed by atoms with van der Waals surface area (Å²) in [6.07, 6.45) is 5.72. The summed E-state index contributed by atoms with van der Waals surface area (Å²) in [5, 5.41) is 3.28. The van der Waals surface area contributed by atoms with Crippen molar-refractivity contribution in [1.29, 1.82) is 0 Å². The summed E-state index contributed by atoms with van der Waals surface area (Å²) < 4.78 is 5.83. The topological polar surface area (TPSA) is 33.6 Å². The van der Waals surface area contributed by atoms with Gasteiger partial charge in [-0.3, -0.25) is 4.99 Å². The second-order valence-corrected chi connectivity index (χ2v) is 4.59. The van der Waals surface area contributed by atoms with Crippen molar-refractivity contribution in [3.8, 4) is 0 Å². The lowest BCUT2D eigenvalue weighted by molar-refractivity contribution is 0.383. The van der Waals surface area contributed by atoms with E-state index in [2.05, 4.69) is 16.9 Å². The lowest BCUT2D eigenvalue weighted by Gasteiger charge is -2.14. The monoisotopic (exact) mass is 284 g/mol. The molecule has 112 valence electrons. The molecule has 0 saturated carbocycles. The molecule has 0 aromatic heterocycles. The van der Waals surface area contributed by atoms with Gasteiger partial charge in [-0.2, -0.15) is 0 Å². The highest BCUT2D eigenvalue weighted by Crippen LogP contribution is 2.26. The molecule has 0 fully saturated rings. The number of benzene rings is 1. The summed E-state index contributed by atoms with van der Waals surface area (Å²) in [6.45, 7) is 11.6. The highest BCUT2D eigenvalue weighted by Gasteiger charge is 2.07. The van der Waals surface area contributed by atoms with Gasteiger partial charge in [0, 0.05) is 18.3 Å². The summed E-state index contributed by atoms with van der Waals surface area (Å²) in [5.41, 5.74) is 3.00. The Labute approximate surface area is 127 Å². The van der Waals surface area contributed by atoms with Crippen molar-refractivity contribution in [2.24, 2.45) is 4.99 Å². The molecule has 1 N–H and O–H groups in total. The Morgan fingerprint density at radius 2 is 1.95 bits per heavy atom. The number of anilines is 1. The SMILES string of the molecule is C=Cc1ccc(/C(=C/C)O/C(C)=C\C)cc1NC(C)=NC. The summed E-state index contributed by atoms with van der Waals surface area (Å²) >= 11 is 0. The fourth-order valence-electron chi connectivity index (χ4n) is 1.76. The predicted octanol–water partition coefficient (Wildman–Crippen LogP) is 5.09. The molecule has 1 aromatic rings. The van der Waals surface area contributed by atoms with Crippen molar-refractivity contribution < 1.29 is 4.74 Å². The Kier molecular flexibility index (Phi) is 6.47. The van der Waals surface area contributed by atoms with Gasteiger partial charge < -0.3 is 10.1 Å². The Morgan fingerprint density at radius 3 is 2.48 bits per heavy atom. The zero-order valence-electron chi connectivity index (χ0n) is 13.5. The average Bonchev–Trinajstić information content (AvgIpc) is 2.51. The van der Waals surface area contributed by atoms with Gasteiger partial charge >= 0.3 is 0 Å². The zero-order valence-corrected chi connectivity index (χ0v) is 13.5. The van der Waals surface area contributed by atoms with E-state index in [1.165, 1.54) is 0 Å². The number of aliphatic imine (C=N–C) groups is 1. The average molecular weight is 284 g/mol. The molecule has 1 aromatic carbocycles. The Morgan fingerprint density at radius 1 is 1.24 bits per heavy atom. The molecule has 0 aliphatic heterocycles. The lowest BCUT2D eigenvalue weighted by Crippen LogP contribution is -2.08. The van der Waals surface area contributed by atoms with Crippen LogP contribution in [0.5, 0.6) is 0 Å². The van der Waals surface area contributed by atoms with Crippen molar-refractivity contribution in [3.05, 3.63) is 53.8 Å². The molecule has 0 unspecified atom stereocenters. The van der Waals surface area contributed by atoms with E-state index in [1.807, 2.05) is 64.1 Å². The number of nitrogens with one attached hydrogen (secondary N) is 1. The van der Waals surface area contributed by atoms with Gasteiger partial charge in [0.15, 0.2) is 0 Å². The normalized spacial score (nSPS) is 13.1. The van der Waals surface area contributed by atoms with Crippen LogP contribution in [0, 0.1) is 0 Å². The molecule has 1 rings (SSSR count). The van der Waals surface area contributed by atoms with Gasteiger partial charge in [0.2, 0.25) is 0 Å². The van der Waals surface area contributed by atoms with Gasteiger partial charge in [0.1, 0.15) is 5.76 Å². The molecule has 0 saturated heterocycles. The van der Waals surface area contributed by atoms with Gasteiger partial charge in [0.05, 0.1) is 11.6 Å². The van der Waals surface area contributed by atoms with E-state index in [1.54, 1.807) is 7.05 Å². The third-order valence-electron chi connectivity index (χ3n) is 3.15. The maximum atomic E-state index is 5.83. The molecule has 0 amide bonds. The number of hydrogen-bond donors (Lipinski definition) is 1. The largest absolute Gasteiger partial charge is 0.462 e. The first-order valence-corrected chi connectivity index (χ1v) is 7.00. The van der Waals surface area contributed by atoms with E-state index in [4.69, 9.17) is 4.74 Å². The zero-order chi connectivity index (χ0) is 15.8. The predicted molar refractivity (Wildman–Crippen MR) is 93.4 cm³/mol. The molecule has 0 atom stereocenters. The van der Waals surface area contributed by atoms with Crippen molar-refractivity contribution in [2.45, 2.75) is 27.7 Å². The summed E-state index contributed by atoms with van der Waals surface area (Å²) in [5.74, 6) is 2.55. The molecule has 0 radical (unpaired) electrons. The number of amidine groups is 1. The van der Waals surface area contributed by atoms with Crippen LogP contribution in [0.25, 0.3) is 11.8 Å². The van der Waals surface area contributed by atoms with E-state index in [-0.39, 0.29) is 0 Å². The van der Waals surface area contributed by atoms with Crippen LogP contribution in [-0.4, -0.2) is 12.9 Å². The molecule has 0 bridgehead atoms. The van der Waals surface area contributed by atoms with E-state index in [9.17, 15) is 0 Å². The van der Waals surface area contributed by atoms with Gasteiger partial charge in [-0.05, 0) is 51.5 Å². The standard InChI is InChI=1S/C18H24N2O/c1-7-13(4)21-18(9-3)16-11-10-15(8-2)17(12-16)20-14(5)19-6/h7-12H,2H2,1,3-6H3,(H,19,20)/b13-7-,18-9-. The van der Waals surface area contributed by atoms with E-state index < -0.39 is 0 Å². The van der Waals surface area contributed by atoms with Gasteiger partial charge in [-0.25, -0.2) is 0 Å². The Hall–Kier alpha value is -2.29. The second-order valence-electron chi connectivity index (χ2n) is 4.59. The van der Waals surface area contributed by atoms with Crippen LogP contribution in [0.15, 0.2) is 47.7 Å². The first-order chi connectivity index (χ1) is 10.0. The molecule has 3 nitrogen and oxygen atoms in total. The van der Waals surface area contributed by atoms with Crippen LogP contribution in [0.4, 0.5) is 5.69 Å². The van der Waals surface area contributed by atoms with Crippen molar-refractivity contribution in [2.75, 3.05) is 12.4 Å². The van der Waals surface area contributed by atoms with Gasteiger partial charge in [-0.1, -0.05) is 24.8 Å². The van der Waals surface area contributed by atoms with Crippen molar-refractivity contribution >= 4 is 23.4 Å². The number of ether oxygens (including phenoxy) is 1. The van der Waals surface area contributed by atoms with Gasteiger partial charge in [-0.15, -0.1) is 0 Å². The molecule has 0 aliphatic rings. The fraction of sp³-hybridized carbons (Fsp3) is 0.278. The minimum absolute atomic E-state index is 0.829. The first-order valence-electron chi connectivity index (χ1n) is 7.00. The highest BCUT2D eigenvalue weighted by atomic mass is 16.5. The molecule has 0 spiro atoms. The van der Waals surface area contributed by atoms with E-state index in [0.717, 1.165) is 34.2 Å². The Bertz CT molecular complexity index is 595. The number of rotatable bonds is 5. The highest BCUT2D eigenvalue weighted by molar-refractivity contribution is 5.95. The van der Waals surface area contributed by atoms with E-state index in [0.29, 0.717) is 0 Å². The van der Waals surface area contributed by atoms with Crippen molar-refractivity contribution in [3.63, 3.8) is 0 Å². The molecular formula is C18H24N2O. The second kappa shape index (κ2) is 8.10. The van der Waals surface area contributed by atoms with E-state index >= 15 is 0 Å². The molecule has 0 aliphatic carbocycles. The summed E-state index contributed by atoms with van der Waals surface area (Å²) in [7, 11) is 1.76. The molecule has 3 heteroatoms. The first kappa shape index (κ1) is 16.8. The van der Waals surface area contributed by atoms with Crippen LogP contribution in [-0.2, 0) is 4.74 Å². The number of allylic oxidation sites excluding steroid dienone is 3. The third kappa shape index (κ3) is 4.63. The van der Waals surface area contributed by atoms with Crippen LogP contribution < -0.4 is 5.32 Å². The minimum atomic E-state index is 0.829. The molecule has 0 heterocycles. The van der Waals surface area contributed by atoms with Crippen LogP contribution >= 0.6 is 0 Å². The van der Waals surface area contributed by atoms with Crippen LogP contribution in [0.3, 0.4) is 0 Å². The molecule has 21 heavy (non-hydrogen) atoms. The number of nitrogens with zero attached hydrogens (tertiary/aromatic N) is 1. The Balaban J connectivity index is 3.20. The van der Waals surface area contributed by atoms with Gasteiger partial charge in [0.25, 0.3) is 0 Å². The maximum absolute atomic E-state index is 5.83. The fourth-order valence-corrected chi connectivity index (χ4v) is 1.76. The maximum Gasteiger partial charge on any atom is 0.129 e. The van der Waals surface area contributed by atoms with Crippen LogP contribution in [0.2, 0.25) is 0 Å². The third-order valence-corrected chi connectivity index (χ3v) is 3.15. The van der Waals surface area contributed by atoms with Crippen LogP contribution in [0.1, 0.15) is 38.8 Å². The lowest BCUT2D eigenvalue weighted by atomic mass is 10.1. The minimum Gasteiger partial charge on any atom is -0.462 e. The molecular weight excluding hydrogens is 260 g/mol.